The minimum absolute atomic E-state index is 0.0416. The van der Waals surface area contributed by atoms with Gasteiger partial charge < -0.3 is 4.74 Å². The highest BCUT2D eigenvalue weighted by atomic mass is 16.5. The molecule has 3 nitrogen and oxygen atoms in total. The zero-order valence-corrected chi connectivity index (χ0v) is 10.0. The van der Waals surface area contributed by atoms with E-state index in [0.29, 0.717) is 18.8 Å². The Kier molecular flexibility index (Phi) is 3.53. The first-order valence-electron chi connectivity index (χ1n) is 5.51. The zero-order chi connectivity index (χ0) is 11.6. The molecule has 1 rings (SSSR count). The summed E-state index contributed by atoms with van der Waals surface area (Å²) in [4.78, 5) is 23.0. The predicted octanol–water partition coefficient (Wildman–Crippen LogP) is 2.19. The maximum atomic E-state index is 11.6. The standard InChI is InChI=1S/C12H20O3/c1-8(2)12(3)6-5-10(13)9(7-12)11(14)15-4/h8-9H,5-7H2,1-4H3. The normalized spacial score (nSPS) is 31.8. The van der Waals surface area contributed by atoms with Crippen molar-refractivity contribution in [3.63, 3.8) is 0 Å². The first kappa shape index (κ1) is 12.2. The summed E-state index contributed by atoms with van der Waals surface area (Å²) in [5.41, 5.74) is 0.0900. The summed E-state index contributed by atoms with van der Waals surface area (Å²) >= 11 is 0. The van der Waals surface area contributed by atoms with E-state index in [4.69, 9.17) is 0 Å². The number of hydrogen-bond acceptors (Lipinski definition) is 3. The number of carbonyl (C=O) groups is 2. The van der Waals surface area contributed by atoms with Gasteiger partial charge in [0.1, 0.15) is 11.7 Å². The van der Waals surface area contributed by atoms with E-state index in [2.05, 4.69) is 25.5 Å². The van der Waals surface area contributed by atoms with E-state index in [1.165, 1.54) is 7.11 Å². The number of rotatable bonds is 2. The molecule has 15 heavy (non-hydrogen) atoms. The third kappa shape index (κ3) is 2.39. The third-order valence-corrected chi connectivity index (χ3v) is 3.88. The lowest BCUT2D eigenvalue weighted by molar-refractivity contribution is -0.153. The highest BCUT2D eigenvalue weighted by Crippen LogP contribution is 2.43. The van der Waals surface area contributed by atoms with Gasteiger partial charge in [0.05, 0.1) is 7.11 Å². The molecule has 0 saturated heterocycles. The molecule has 0 N–H and O–H groups in total. The SMILES string of the molecule is COC(=O)C1CC(C)(C(C)C)CCC1=O. The predicted molar refractivity (Wildman–Crippen MR) is 57.3 cm³/mol. The highest BCUT2D eigenvalue weighted by molar-refractivity contribution is 5.99. The number of methoxy groups -OCH3 is 1. The Hall–Kier alpha value is -0.860. The second-order valence-electron chi connectivity index (χ2n) is 5.05. The lowest BCUT2D eigenvalue weighted by atomic mass is 9.64. The number of ether oxygens (including phenoxy) is 1. The Balaban J connectivity index is 2.80. The monoisotopic (exact) mass is 212 g/mol. The molecule has 0 radical (unpaired) electrons. The van der Waals surface area contributed by atoms with Crippen LogP contribution in [0.3, 0.4) is 0 Å². The molecule has 0 amide bonds. The minimum atomic E-state index is -0.531. The van der Waals surface area contributed by atoms with Gasteiger partial charge in [-0.25, -0.2) is 0 Å². The van der Waals surface area contributed by atoms with Gasteiger partial charge in [-0.15, -0.1) is 0 Å². The van der Waals surface area contributed by atoms with Crippen LogP contribution in [0.15, 0.2) is 0 Å². The van der Waals surface area contributed by atoms with Crippen LogP contribution >= 0.6 is 0 Å². The van der Waals surface area contributed by atoms with Crippen molar-refractivity contribution >= 4 is 11.8 Å². The Morgan fingerprint density at radius 1 is 1.53 bits per heavy atom. The molecule has 1 fully saturated rings. The Morgan fingerprint density at radius 3 is 2.60 bits per heavy atom. The third-order valence-electron chi connectivity index (χ3n) is 3.88. The van der Waals surface area contributed by atoms with Crippen LogP contribution in [0.4, 0.5) is 0 Å². The molecule has 2 unspecified atom stereocenters. The molecule has 0 aromatic carbocycles. The molecule has 0 spiro atoms. The summed E-state index contributed by atoms with van der Waals surface area (Å²) in [5, 5.41) is 0. The molecule has 0 bridgehead atoms. The second kappa shape index (κ2) is 4.33. The van der Waals surface area contributed by atoms with E-state index in [-0.39, 0.29) is 17.2 Å². The maximum absolute atomic E-state index is 11.6. The van der Waals surface area contributed by atoms with Gasteiger partial charge in [0.2, 0.25) is 0 Å². The number of ketones is 1. The van der Waals surface area contributed by atoms with Crippen LogP contribution < -0.4 is 0 Å². The largest absolute Gasteiger partial charge is 0.468 e. The van der Waals surface area contributed by atoms with Gasteiger partial charge in [-0.1, -0.05) is 20.8 Å². The molecular weight excluding hydrogens is 192 g/mol. The fourth-order valence-electron chi connectivity index (χ4n) is 2.15. The lowest BCUT2D eigenvalue weighted by Gasteiger charge is -2.39. The zero-order valence-electron chi connectivity index (χ0n) is 10.0. The van der Waals surface area contributed by atoms with Crippen molar-refractivity contribution in [2.45, 2.75) is 40.0 Å². The van der Waals surface area contributed by atoms with Crippen LogP contribution in [0.25, 0.3) is 0 Å². The first-order valence-corrected chi connectivity index (χ1v) is 5.51. The van der Waals surface area contributed by atoms with Gasteiger partial charge >= 0.3 is 5.97 Å². The van der Waals surface area contributed by atoms with Gasteiger partial charge in [-0.3, -0.25) is 9.59 Å². The van der Waals surface area contributed by atoms with Crippen molar-refractivity contribution in [2.75, 3.05) is 7.11 Å². The Bertz CT molecular complexity index is 262. The fraction of sp³-hybridized carbons (Fsp3) is 0.833. The number of hydrogen-bond donors (Lipinski definition) is 0. The second-order valence-corrected chi connectivity index (χ2v) is 5.05. The van der Waals surface area contributed by atoms with Crippen molar-refractivity contribution in [3.05, 3.63) is 0 Å². The van der Waals surface area contributed by atoms with Crippen molar-refractivity contribution in [1.29, 1.82) is 0 Å². The Morgan fingerprint density at radius 2 is 2.13 bits per heavy atom. The lowest BCUT2D eigenvalue weighted by Crippen LogP contribution is -2.39. The summed E-state index contributed by atoms with van der Waals surface area (Å²) in [6.45, 7) is 6.44. The van der Waals surface area contributed by atoms with Gasteiger partial charge in [0.25, 0.3) is 0 Å². The quantitative estimate of drug-likeness (QED) is 0.520. The van der Waals surface area contributed by atoms with Crippen LogP contribution in [-0.2, 0) is 14.3 Å². The number of carbonyl (C=O) groups excluding carboxylic acids is 2. The van der Waals surface area contributed by atoms with Crippen LogP contribution in [0.5, 0.6) is 0 Å². The molecule has 0 aromatic heterocycles. The van der Waals surface area contributed by atoms with Crippen molar-refractivity contribution in [1.82, 2.24) is 0 Å². The molecule has 86 valence electrons. The van der Waals surface area contributed by atoms with E-state index in [1.54, 1.807) is 0 Å². The van der Waals surface area contributed by atoms with E-state index < -0.39 is 5.92 Å². The smallest absolute Gasteiger partial charge is 0.316 e. The van der Waals surface area contributed by atoms with Gasteiger partial charge in [-0.2, -0.15) is 0 Å². The molecule has 2 atom stereocenters. The summed E-state index contributed by atoms with van der Waals surface area (Å²) in [6, 6.07) is 0. The molecular formula is C12H20O3. The van der Waals surface area contributed by atoms with Crippen molar-refractivity contribution in [2.24, 2.45) is 17.3 Å². The summed E-state index contributed by atoms with van der Waals surface area (Å²) in [6.07, 6.45) is 2.03. The van der Waals surface area contributed by atoms with Crippen LogP contribution in [-0.4, -0.2) is 18.9 Å². The molecule has 1 aliphatic carbocycles. The fourth-order valence-corrected chi connectivity index (χ4v) is 2.15. The van der Waals surface area contributed by atoms with E-state index in [0.717, 1.165) is 6.42 Å². The van der Waals surface area contributed by atoms with Crippen LogP contribution in [0.2, 0.25) is 0 Å². The summed E-state index contributed by atoms with van der Waals surface area (Å²) in [5.74, 6) is -0.375. The van der Waals surface area contributed by atoms with E-state index >= 15 is 0 Å². The average molecular weight is 212 g/mol. The number of esters is 1. The van der Waals surface area contributed by atoms with Gasteiger partial charge in [-0.05, 0) is 24.2 Å². The van der Waals surface area contributed by atoms with Crippen LogP contribution in [0, 0.1) is 17.3 Å². The highest BCUT2D eigenvalue weighted by Gasteiger charge is 2.42. The molecule has 1 aliphatic rings. The van der Waals surface area contributed by atoms with Crippen LogP contribution in [0.1, 0.15) is 40.0 Å². The summed E-state index contributed by atoms with van der Waals surface area (Å²) < 4.78 is 4.67. The minimum Gasteiger partial charge on any atom is -0.468 e. The molecule has 0 aromatic rings. The average Bonchev–Trinajstić information content (AvgIpc) is 2.20. The van der Waals surface area contributed by atoms with E-state index in [9.17, 15) is 9.59 Å². The Labute approximate surface area is 91.2 Å². The van der Waals surface area contributed by atoms with Crippen molar-refractivity contribution in [3.8, 4) is 0 Å². The molecule has 3 heteroatoms. The maximum Gasteiger partial charge on any atom is 0.316 e. The summed E-state index contributed by atoms with van der Waals surface area (Å²) in [7, 11) is 1.34. The van der Waals surface area contributed by atoms with E-state index in [1.807, 2.05) is 0 Å². The number of Topliss-reactive ketones (excluding diaryl/α,β-unsaturated/α-hetero) is 1. The van der Waals surface area contributed by atoms with Crippen molar-refractivity contribution < 1.29 is 14.3 Å². The first-order chi connectivity index (χ1) is 6.90. The topological polar surface area (TPSA) is 43.4 Å². The molecule has 0 aliphatic heterocycles. The van der Waals surface area contributed by atoms with Gasteiger partial charge in [0.15, 0.2) is 0 Å². The molecule has 0 heterocycles. The van der Waals surface area contributed by atoms with Gasteiger partial charge in [0, 0.05) is 6.42 Å². The molecule has 1 saturated carbocycles.